The van der Waals surface area contributed by atoms with E-state index in [1.165, 1.54) is 12.8 Å². The highest BCUT2D eigenvalue weighted by Gasteiger charge is 2.21. The lowest BCUT2D eigenvalue weighted by atomic mass is 10.1. The second kappa shape index (κ2) is 6.69. The maximum Gasteiger partial charge on any atom is 0.147 e. The van der Waals surface area contributed by atoms with Crippen LogP contribution in [0.25, 0.3) is 0 Å². The van der Waals surface area contributed by atoms with Crippen LogP contribution in [0.4, 0.5) is 5.82 Å². The first-order chi connectivity index (χ1) is 8.83. The predicted octanol–water partition coefficient (Wildman–Crippen LogP) is 2.21. The number of nitrogens with one attached hydrogen (secondary N) is 1. The molecule has 0 spiro atoms. The number of hydrogen-bond acceptors (Lipinski definition) is 4. The van der Waals surface area contributed by atoms with Crippen molar-refractivity contribution in [3.8, 4) is 0 Å². The minimum Gasteiger partial charge on any atom is -0.355 e. The van der Waals surface area contributed by atoms with Gasteiger partial charge < -0.3 is 10.2 Å². The van der Waals surface area contributed by atoms with Gasteiger partial charge in [-0.25, -0.2) is 4.98 Å². The zero-order chi connectivity index (χ0) is 12.8. The molecule has 0 aromatic carbocycles. The highest BCUT2D eigenvalue weighted by atomic mass is 15.2. The Morgan fingerprint density at radius 1 is 1.33 bits per heavy atom. The summed E-state index contributed by atoms with van der Waals surface area (Å²) in [6, 6.07) is 0. The summed E-state index contributed by atoms with van der Waals surface area (Å²) >= 11 is 0. The van der Waals surface area contributed by atoms with E-state index in [1.54, 1.807) is 0 Å². The van der Waals surface area contributed by atoms with Crippen molar-refractivity contribution in [1.82, 2.24) is 15.3 Å². The van der Waals surface area contributed by atoms with Gasteiger partial charge in [0, 0.05) is 19.6 Å². The Bertz CT molecular complexity index is 349. The summed E-state index contributed by atoms with van der Waals surface area (Å²) < 4.78 is 0. The molecule has 18 heavy (non-hydrogen) atoms. The van der Waals surface area contributed by atoms with Gasteiger partial charge in [0.15, 0.2) is 0 Å². The van der Waals surface area contributed by atoms with Crippen molar-refractivity contribution in [3.63, 3.8) is 0 Å². The Balaban J connectivity index is 1.87. The van der Waals surface area contributed by atoms with Crippen LogP contribution >= 0.6 is 0 Å². The molecule has 0 saturated carbocycles. The summed E-state index contributed by atoms with van der Waals surface area (Å²) in [6.07, 6.45) is 7.52. The first-order valence-electron chi connectivity index (χ1n) is 7.10. The summed E-state index contributed by atoms with van der Waals surface area (Å²) in [7, 11) is 0. The molecule has 1 N–H and O–H groups in total. The minimum atomic E-state index is 0.818. The quantitative estimate of drug-likeness (QED) is 0.784. The average Bonchev–Trinajstić information content (AvgIpc) is 2.89. The predicted molar refractivity (Wildman–Crippen MR) is 74.6 cm³/mol. The molecule has 4 nitrogen and oxygen atoms in total. The molecule has 2 rings (SSSR count). The molecule has 1 aliphatic heterocycles. The average molecular weight is 248 g/mol. The number of aromatic nitrogens is 2. The van der Waals surface area contributed by atoms with Crippen LogP contribution in [0.1, 0.15) is 38.8 Å². The van der Waals surface area contributed by atoms with Crippen LogP contribution in [0.5, 0.6) is 0 Å². The lowest BCUT2D eigenvalue weighted by Gasteiger charge is -2.16. The molecule has 1 aromatic heterocycles. The van der Waals surface area contributed by atoms with Gasteiger partial charge in [0.25, 0.3) is 0 Å². The molecule has 0 aliphatic carbocycles. The smallest absolute Gasteiger partial charge is 0.147 e. The fraction of sp³-hybridized carbons (Fsp3) is 0.714. The van der Waals surface area contributed by atoms with E-state index in [0.29, 0.717) is 0 Å². The first kappa shape index (κ1) is 13.3. The van der Waals surface area contributed by atoms with Crippen LogP contribution in [-0.2, 0) is 6.54 Å². The van der Waals surface area contributed by atoms with Crippen molar-refractivity contribution in [3.05, 3.63) is 18.1 Å². The van der Waals surface area contributed by atoms with Crippen LogP contribution in [-0.4, -0.2) is 29.6 Å². The normalized spacial score (nSPS) is 19.4. The minimum absolute atomic E-state index is 0.818. The first-order valence-corrected chi connectivity index (χ1v) is 7.10. The van der Waals surface area contributed by atoms with E-state index in [-0.39, 0.29) is 0 Å². The number of hydrogen-bond donors (Lipinski definition) is 1. The molecule has 1 saturated heterocycles. The van der Waals surface area contributed by atoms with E-state index >= 15 is 0 Å². The maximum atomic E-state index is 4.53. The second-order valence-corrected chi connectivity index (χ2v) is 5.05. The zero-order valence-electron chi connectivity index (χ0n) is 11.5. The summed E-state index contributed by atoms with van der Waals surface area (Å²) in [5.74, 6) is 1.86. The Hall–Kier alpha value is -1.16. The molecule has 1 aliphatic rings. The van der Waals surface area contributed by atoms with Gasteiger partial charge in [-0.3, -0.25) is 4.98 Å². The molecular weight excluding hydrogens is 224 g/mol. The summed E-state index contributed by atoms with van der Waals surface area (Å²) in [5.41, 5.74) is 1.03. The molecule has 1 unspecified atom stereocenters. The van der Waals surface area contributed by atoms with Crippen molar-refractivity contribution in [2.24, 2.45) is 5.92 Å². The topological polar surface area (TPSA) is 41.1 Å². The standard InChI is InChI=1S/C14H24N4/c1-3-6-15-8-13-9-17-14(10-16-13)18-7-5-12(4-2)11-18/h9-10,12,15H,3-8,11H2,1-2H3. The van der Waals surface area contributed by atoms with E-state index in [1.807, 2.05) is 12.4 Å². The summed E-state index contributed by atoms with van der Waals surface area (Å²) in [6.45, 7) is 8.55. The van der Waals surface area contributed by atoms with Gasteiger partial charge in [-0.1, -0.05) is 20.3 Å². The third kappa shape index (κ3) is 3.42. The Labute approximate surface area is 110 Å². The third-order valence-corrected chi connectivity index (χ3v) is 3.61. The lowest BCUT2D eigenvalue weighted by molar-refractivity contribution is 0.568. The number of nitrogens with zero attached hydrogens (tertiary/aromatic N) is 3. The number of rotatable bonds is 6. The van der Waals surface area contributed by atoms with E-state index in [2.05, 4.69) is 34.0 Å². The fourth-order valence-corrected chi connectivity index (χ4v) is 2.37. The van der Waals surface area contributed by atoms with E-state index in [9.17, 15) is 0 Å². The van der Waals surface area contributed by atoms with Crippen LogP contribution < -0.4 is 10.2 Å². The highest BCUT2D eigenvalue weighted by molar-refractivity contribution is 5.37. The highest BCUT2D eigenvalue weighted by Crippen LogP contribution is 2.23. The molecule has 1 atom stereocenters. The Morgan fingerprint density at radius 2 is 2.22 bits per heavy atom. The monoisotopic (exact) mass is 248 g/mol. The Morgan fingerprint density at radius 3 is 2.83 bits per heavy atom. The summed E-state index contributed by atoms with van der Waals surface area (Å²) in [5, 5.41) is 3.34. The van der Waals surface area contributed by atoms with E-state index in [0.717, 1.165) is 50.0 Å². The van der Waals surface area contributed by atoms with Crippen LogP contribution in [0, 0.1) is 5.92 Å². The van der Waals surface area contributed by atoms with Gasteiger partial charge >= 0.3 is 0 Å². The maximum absolute atomic E-state index is 4.53. The molecule has 0 bridgehead atoms. The third-order valence-electron chi connectivity index (χ3n) is 3.61. The second-order valence-electron chi connectivity index (χ2n) is 5.05. The van der Waals surface area contributed by atoms with Crippen molar-refractivity contribution in [2.75, 3.05) is 24.5 Å². The molecule has 2 heterocycles. The SMILES string of the molecule is CCCNCc1cnc(N2CCC(CC)C2)cn1. The molecule has 0 amide bonds. The van der Waals surface area contributed by atoms with E-state index in [4.69, 9.17) is 0 Å². The molecule has 1 fully saturated rings. The van der Waals surface area contributed by atoms with Gasteiger partial charge in [-0.2, -0.15) is 0 Å². The van der Waals surface area contributed by atoms with Crippen molar-refractivity contribution < 1.29 is 0 Å². The van der Waals surface area contributed by atoms with Crippen LogP contribution in [0.3, 0.4) is 0 Å². The van der Waals surface area contributed by atoms with Gasteiger partial charge in [-0.15, -0.1) is 0 Å². The van der Waals surface area contributed by atoms with Crippen molar-refractivity contribution in [2.45, 2.75) is 39.7 Å². The largest absolute Gasteiger partial charge is 0.355 e. The van der Waals surface area contributed by atoms with Crippen molar-refractivity contribution in [1.29, 1.82) is 0 Å². The van der Waals surface area contributed by atoms with Gasteiger partial charge in [-0.05, 0) is 25.3 Å². The zero-order valence-corrected chi connectivity index (χ0v) is 11.5. The van der Waals surface area contributed by atoms with Gasteiger partial charge in [0.2, 0.25) is 0 Å². The molecule has 1 aromatic rings. The molecular formula is C14H24N4. The number of anilines is 1. The van der Waals surface area contributed by atoms with Crippen molar-refractivity contribution >= 4 is 5.82 Å². The van der Waals surface area contributed by atoms with E-state index < -0.39 is 0 Å². The van der Waals surface area contributed by atoms with Crippen LogP contribution in [0.15, 0.2) is 12.4 Å². The molecule has 0 radical (unpaired) electrons. The van der Waals surface area contributed by atoms with Gasteiger partial charge in [0.05, 0.1) is 18.1 Å². The lowest BCUT2D eigenvalue weighted by Crippen LogP contribution is -2.21. The fourth-order valence-electron chi connectivity index (χ4n) is 2.37. The van der Waals surface area contributed by atoms with Crippen LogP contribution in [0.2, 0.25) is 0 Å². The summed E-state index contributed by atoms with van der Waals surface area (Å²) in [4.78, 5) is 11.4. The molecule has 100 valence electrons. The molecule has 4 heteroatoms. The van der Waals surface area contributed by atoms with Gasteiger partial charge in [0.1, 0.15) is 5.82 Å². The Kier molecular flexibility index (Phi) is 4.93.